The number of benzene rings is 1. The summed E-state index contributed by atoms with van der Waals surface area (Å²) in [6, 6.07) is 10.0. The molecule has 0 aliphatic heterocycles. The predicted octanol–water partition coefficient (Wildman–Crippen LogP) is 1.27. The van der Waals surface area contributed by atoms with Crippen molar-refractivity contribution >= 4 is 5.82 Å². The average molecular weight is 205 g/mol. The molecule has 0 unspecified atom stereocenters. The number of ether oxygens (including phenoxy) is 1. The lowest BCUT2D eigenvalue weighted by atomic mass is 10.2. The standard InChI is InChI=1S/C10H11N3O2/c11-9-10(13-15-12-9)14-7-6-8-4-2-1-3-5-8/h1-5H,6-7H2,(H2,11,12). The first kappa shape index (κ1) is 9.51. The highest BCUT2D eigenvalue weighted by Gasteiger charge is 2.06. The summed E-state index contributed by atoms with van der Waals surface area (Å²) in [7, 11) is 0. The van der Waals surface area contributed by atoms with Crippen molar-refractivity contribution in [1.82, 2.24) is 10.3 Å². The Morgan fingerprint density at radius 2 is 2.00 bits per heavy atom. The van der Waals surface area contributed by atoms with Gasteiger partial charge in [-0.3, -0.25) is 0 Å². The summed E-state index contributed by atoms with van der Waals surface area (Å²) in [5.74, 6) is 0.439. The highest BCUT2D eigenvalue weighted by molar-refractivity contribution is 5.36. The summed E-state index contributed by atoms with van der Waals surface area (Å²) in [4.78, 5) is 0. The van der Waals surface area contributed by atoms with Crippen LogP contribution < -0.4 is 10.5 Å². The quantitative estimate of drug-likeness (QED) is 0.813. The minimum absolute atomic E-state index is 0.183. The number of hydrogen-bond donors (Lipinski definition) is 1. The van der Waals surface area contributed by atoms with Gasteiger partial charge in [-0.15, -0.1) is 0 Å². The van der Waals surface area contributed by atoms with E-state index in [2.05, 4.69) is 14.9 Å². The molecule has 5 nitrogen and oxygen atoms in total. The average Bonchev–Trinajstić information content (AvgIpc) is 2.66. The molecule has 15 heavy (non-hydrogen) atoms. The molecule has 0 saturated heterocycles. The minimum atomic E-state index is 0.183. The first-order chi connectivity index (χ1) is 7.36. The van der Waals surface area contributed by atoms with Crippen LogP contribution in [-0.2, 0) is 6.42 Å². The first-order valence-corrected chi connectivity index (χ1v) is 4.61. The molecule has 0 aliphatic carbocycles. The van der Waals surface area contributed by atoms with Gasteiger partial charge in [-0.05, 0) is 15.9 Å². The third-order valence-corrected chi connectivity index (χ3v) is 1.95. The Morgan fingerprint density at radius 1 is 1.20 bits per heavy atom. The molecular formula is C10H11N3O2. The summed E-state index contributed by atoms with van der Waals surface area (Å²) in [6.07, 6.45) is 0.799. The van der Waals surface area contributed by atoms with Crippen LogP contribution in [0.1, 0.15) is 5.56 Å². The second kappa shape index (κ2) is 4.45. The molecule has 1 aromatic heterocycles. The van der Waals surface area contributed by atoms with E-state index in [-0.39, 0.29) is 11.7 Å². The fourth-order valence-electron chi connectivity index (χ4n) is 1.20. The zero-order chi connectivity index (χ0) is 10.5. The Morgan fingerprint density at radius 3 is 2.67 bits per heavy atom. The van der Waals surface area contributed by atoms with Crippen molar-refractivity contribution in [2.75, 3.05) is 12.3 Å². The van der Waals surface area contributed by atoms with E-state index in [1.165, 1.54) is 5.56 Å². The maximum Gasteiger partial charge on any atom is 0.300 e. The van der Waals surface area contributed by atoms with Gasteiger partial charge in [0.15, 0.2) is 0 Å². The van der Waals surface area contributed by atoms with E-state index in [1.807, 2.05) is 30.3 Å². The van der Waals surface area contributed by atoms with Gasteiger partial charge >= 0.3 is 0 Å². The second-order valence-corrected chi connectivity index (χ2v) is 3.04. The zero-order valence-corrected chi connectivity index (χ0v) is 8.09. The van der Waals surface area contributed by atoms with Gasteiger partial charge in [0.2, 0.25) is 5.82 Å². The van der Waals surface area contributed by atoms with Crippen LogP contribution in [0.2, 0.25) is 0 Å². The van der Waals surface area contributed by atoms with Crippen LogP contribution in [0.5, 0.6) is 5.88 Å². The summed E-state index contributed by atoms with van der Waals surface area (Å²) in [6.45, 7) is 0.502. The van der Waals surface area contributed by atoms with Crippen molar-refractivity contribution in [3.8, 4) is 5.88 Å². The maximum atomic E-state index is 5.43. The summed E-state index contributed by atoms with van der Waals surface area (Å²) in [5.41, 5.74) is 6.63. The third kappa shape index (κ3) is 2.46. The number of hydrogen-bond acceptors (Lipinski definition) is 5. The fourth-order valence-corrected chi connectivity index (χ4v) is 1.20. The maximum absolute atomic E-state index is 5.43. The lowest BCUT2D eigenvalue weighted by Crippen LogP contribution is -2.03. The van der Waals surface area contributed by atoms with Crippen LogP contribution >= 0.6 is 0 Å². The van der Waals surface area contributed by atoms with Crippen LogP contribution in [0.3, 0.4) is 0 Å². The van der Waals surface area contributed by atoms with Crippen molar-refractivity contribution < 1.29 is 9.37 Å². The van der Waals surface area contributed by atoms with E-state index < -0.39 is 0 Å². The SMILES string of the molecule is Nc1nonc1OCCc1ccccc1. The van der Waals surface area contributed by atoms with Gasteiger partial charge < -0.3 is 10.5 Å². The van der Waals surface area contributed by atoms with Crippen LogP contribution in [0, 0.1) is 0 Å². The smallest absolute Gasteiger partial charge is 0.300 e. The van der Waals surface area contributed by atoms with E-state index in [4.69, 9.17) is 10.5 Å². The van der Waals surface area contributed by atoms with E-state index >= 15 is 0 Å². The molecule has 0 bridgehead atoms. The fraction of sp³-hybridized carbons (Fsp3) is 0.200. The molecule has 0 atom stereocenters. The largest absolute Gasteiger partial charge is 0.472 e. The molecule has 0 saturated carbocycles. The molecule has 1 heterocycles. The van der Waals surface area contributed by atoms with Gasteiger partial charge in [0.05, 0.1) is 6.61 Å². The number of nitrogens with zero attached hydrogens (tertiary/aromatic N) is 2. The molecule has 78 valence electrons. The highest BCUT2D eigenvalue weighted by Crippen LogP contribution is 2.14. The number of aromatic nitrogens is 2. The lowest BCUT2D eigenvalue weighted by Gasteiger charge is -2.01. The Kier molecular flexibility index (Phi) is 2.82. The molecule has 2 rings (SSSR count). The van der Waals surface area contributed by atoms with Crippen LogP contribution in [0.4, 0.5) is 5.82 Å². The van der Waals surface area contributed by atoms with Gasteiger partial charge in [-0.25, -0.2) is 4.63 Å². The molecule has 0 fully saturated rings. The summed E-state index contributed by atoms with van der Waals surface area (Å²) >= 11 is 0. The third-order valence-electron chi connectivity index (χ3n) is 1.95. The highest BCUT2D eigenvalue weighted by atomic mass is 16.6. The number of rotatable bonds is 4. The molecule has 0 radical (unpaired) electrons. The van der Waals surface area contributed by atoms with Crippen LogP contribution in [0.15, 0.2) is 35.0 Å². The Labute approximate surface area is 86.8 Å². The van der Waals surface area contributed by atoms with Gasteiger partial charge in [0.1, 0.15) is 0 Å². The monoisotopic (exact) mass is 205 g/mol. The number of anilines is 1. The molecule has 0 amide bonds. The van der Waals surface area contributed by atoms with Crippen molar-refractivity contribution in [3.05, 3.63) is 35.9 Å². The number of nitrogens with two attached hydrogens (primary N) is 1. The first-order valence-electron chi connectivity index (χ1n) is 4.61. The van der Waals surface area contributed by atoms with E-state index in [9.17, 15) is 0 Å². The Bertz CT molecular complexity index is 414. The van der Waals surface area contributed by atoms with E-state index in [0.717, 1.165) is 6.42 Å². The van der Waals surface area contributed by atoms with Gasteiger partial charge in [-0.1, -0.05) is 30.3 Å². The molecule has 0 spiro atoms. The van der Waals surface area contributed by atoms with Gasteiger partial charge in [0, 0.05) is 6.42 Å². The number of nitrogen functional groups attached to an aromatic ring is 1. The van der Waals surface area contributed by atoms with Crippen molar-refractivity contribution in [3.63, 3.8) is 0 Å². The lowest BCUT2D eigenvalue weighted by molar-refractivity contribution is 0.257. The second-order valence-electron chi connectivity index (χ2n) is 3.04. The minimum Gasteiger partial charge on any atom is -0.472 e. The van der Waals surface area contributed by atoms with Crippen molar-refractivity contribution in [2.24, 2.45) is 0 Å². The van der Waals surface area contributed by atoms with E-state index in [1.54, 1.807) is 0 Å². The predicted molar refractivity (Wildman–Crippen MR) is 54.4 cm³/mol. The summed E-state index contributed by atoms with van der Waals surface area (Å²) < 4.78 is 9.69. The molecule has 2 aromatic rings. The van der Waals surface area contributed by atoms with Crippen molar-refractivity contribution in [2.45, 2.75) is 6.42 Å². The molecular weight excluding hydrogens is 194 g/mol. The molecule has 0 aliphatic rings. The zero-order valence-electron chi connectivity index (χ0n) is 8.09. The summed E-state index contributed by atoms with van der Waals surface area (Å²) in [5, 5.41) is 6.92. The molecule has 2 N–H and O–H groups in total. The molecule has 1 aromatic carbocycles. The van der Waals surface area contributed by atoms with Crippen LogP contribution in [0.25, 0.3) is 0 Å². The van der Waals surface area contributed by atoms with Crippen LogP contribution in [-0.4, -0.2) is 16.9 Å². The Hall–Kier alpha value is -2.04. The van der Waals surface area contributed by atoms with Gasteiger partial charge in [-0.2, -0.15) is 0 Å². The normalized spacial score (nSPS) is 10.1. The Balaban J connectivity index is 1.83. The van der Waals surface area contributed by atoms with Gasteiger partial charge in [0.25, 0.3) is 5.88 Å². The van der Waals surface area contributed by atoms with E-state index in [0.29, 0.717) is 6.61 Å². The topological polar surface area (TPSA) is 74.2 Å². The van der Waals surface area contributed by atoms with Crippen molar-refractivity contribution in [1.29, 1.82) is 0 Å². The molecule has 5 heteroatoms.